The van der Waals surface area contributed by atoms with E-state index >= 15 is 0 Å². The number of methoxy groups -OCH3 is 1. The van der Waals surface area contributed by atoms with Gasteiger partial charge in [-0.3, -0.25) is 14.5 Å². The Morgan fingerprint density at radius 2 is 1.91 bits per heavy atom. The topological polar surface area (TPSA) is 132 Å². The summed E-state index contributed by atoms with van der Waals surface area (Å²) >= 11 is 0.602. The third kappa shape index (κ3) is 4.22. The fourth-order valence-electron chi connectivity index (χ4n) is 3.26. The summed E-state index contributed by atoms with van der Waals surface area (Å²) in [5, 5.41) is 0.767. The number of nitrogens with one attached hydrogen (secondary N) is 1. The van der Waals surface area contributed by atoms with Gasteiger partial charge in [-0.05, 0) is 12.1 Å². The standard InChI is InChI=1S/C17H18F3N3O8S2/c1-10(24)21-16(15(26)30-9-29-2)22(33(27,28)17(18,19)20)8-32-14-12(13(25)23(14)16)31-11-6-4-3-5-7-11/h3-7,12,14H,8-9H2,1-2H3,(H,21,24). The molecule has 2 aliphatic rings. The van der Waals surface area contributed by atoms with Gasteiger partial charge in [0.1, 0.15) is 11.1 Å². The number of sulfonamides is 1. The molecule has 3 unspecified atom stereocenters. The minimum absolute atomic E-state index is 0.258. The number of fused-ring (bicyclic) bond motifs is 1. The van der Waals surface area contributed by atoms with Crippen LogP contribution in [0.15, 0.2) is 30.3 Å². The average Bonchev–Trinajstić information content (AvgIpc) is 2.74. The van der Waals surface area contributed by atoms with E-state index in [0.29, 0.717) is 16.7 Å². The van der Waals surface area contributed by atoms with Crippen molar-refractivity contribution in [3.63, 3.8) is 0 Å². The average molecular weight is 513 g/mol. The number of esters is 1. The van der Waals surface area contributed by atoms with Gasteiger partial charge in [-0.1, -0.05) is 18.2 Å². The number of amides is 2. The highest BCUT2D eigenvalue weighted by molar-refractivity contribution is 8.01. The zero-order valence-corrected chi connectivity index (χ0v) is 18.7. The van der Waals surface area contributed by atoms with Crippen LogP contribution in [-0.4, -0.2) is 78.0 Å². The molecule has 0 radical (unpaired) electrons. The van der Waals surface area contributed by atoms with Crippen LogP contribution in [0.2, 0.25) is 0 Å². The molecule has 0 bridgehead atoms. The van der Waals surface area contributed by atoms with Crippen molar-refractivity contribution in [1.29, 1.82) is 0 Å². The van der Waals surface area contributed by atoms with E-state index in [2.05, 4.69) is 4.74 Å². The van der Waals surface area contributed by atoms with E-state index in [9.17, 15) is 36.0 Å². The quantitative estimate of drug-likeness (QED) is 0.313. The fraction of sp³-hybridized carbons (Fsp3) is 0.471. The molecule has 2 heterocycles. The minimum Gasteiger partial charge on any atom is -0.477 e. The molecule has 33 heavy (non-hydrogen) atoms. The highest BCUT2D eigenvalue weighted by Gasteiger charge is 2.73. The number of hydrogen-bond donors (Lipinski definition) is 1. The van der Waals surface area contributed by atoms with Crippen LogP contribution in [0.4, 0.5) is 13.2 Å². The Bertz CT molecular complexity index is 1040. The Hall–Kier alpha value is -2.56. The van der Waals surface area contributed by atoms with Gasteiger partial charge in [-0.2, -0.15) is 13.2 Å². The van der Waals surface area contributed by atoms with Crippen LogP contribution in [0.5, 0.6) is 5.75 Å². The van der Waals surface area contributed by atoms with Crippen molar-refractivity contribution >= 4 is 39.6 Å². The molecule has 3 rings (SSSR count). The lowest BCUT2D eigenvalue weighted by molar-refractivity contribution is -0.207. The molecule has 1 aromatic carbocycles. The maximum absolute atomic E-state index is 13.5. The molecular weight excluding hydrogens is 495 g/mol. The smallest absolute Gasteiger partial charge is 0.477 e. The molecule has 2 saturated heterocycles. The van der Waals surface area contributed by atoms with E-state index in [1.165, 1.54) is 12.1 Å². The lowest BCUT2D eigenvalue weighted by Gasteiger charge is -2.59. The third-order valence-electron chi connectivity index (χ3n) is 4.60. The second-order valence-electron chi connectivity index (χ2n) is 6.74. The minimum atomic E-state index is -6.22. The molecule has 2 fully saturated rings. The largest absolute Gasteiger partial charge is 0.511 e. The first-order chi connectivity index (χ1) is 15.4. The molecular formula is C17H18F3N3O8S2. The Balaban J connectivity index is 2.09. The molecule has 0 spiro atoms. The van der Waals surface area contributed by atoms with Crippen molar-refractivity contribution in [2.75, 3.05) is 19.8 Å². The van der Waals surface area contributed by atoms with E-state index in [-0.39, 0.29) is 10.1 Å². The molecule has 16 heteroatoms. The van der Waals surface area contributed by atoms with Crippen molar-refractivity contribution < 1.29 is 50.2 Å². The van der Waals surface area contributed by atoms with Crippen LogP contribution in [0.1, 0.15) is 6.92 Å². The second-order valence-corrected chi connectivity index (χ2v) is 9.67. The third-order valence-corrected chi connectivity index (χ3v) is 7.53. The highest BCUT2D eigenvalue weighted by atomic mass is 32.2. The monoisotopic (exact) mass is 513 g/mol. The van der Waals surface area contributed by atoms with Crippen LogP contribution in [0, 0.1) is 0 Å². The van der Waals surface area contributed by atoms with Crippen LogP contribution in [-0.2, 0) is 33.9 Å². The van der Waals surface area contributed by atoms with Gasteiger partial charge in [0, 0.05) is 14.0 Å². The van der Waals surface area contributed by atoms with Gasteiger partial charge in [-0.15, -0.1) is 16.1 Å². The molecule has 1 N–H and O–H groups in total. The van der Waals surface area contributed by atoms with Gasteiger partial charge < -0.3 is 19.5 Å². The van der Waals surface area contributed by atoms with Gasteiger partial charge in [0.15, 0.2) is 6.79 Å². The second kappa shape index (κ2) is 9.00. The summed E-state index contributed by atoms with van der Waals surface area (Å²) in [4.78, 5) is 38.4. The lowest BCUT2D eigenvalue weighted by Crippen LogP contribution is -2.87. The molecule has 11 nitrogen and oxygen atoms in total. The maximum atomic E-state index is 13.5. The number of carbonyl (C=O) groups is 3. The van der Waals surface area contributed by atoms with Crippen LogP contribution >= 0.6 is 11.8 Å². The number of benzene rings is 1. The van der Waals surface area contributed by atoms with E-state index in [0.717, 1.165) is 14.0 Å². The summed E-state index contributed by atoms with van der Waals surface area (Å²) in [5.41, 5.74) is -5.85. The molecule has 2 aliphatic heterocycles. The van der Waals surface area contributed by atoms with Crippen molar-refractivity contribution in [2.24, 2.45) is 0 Å². The number of para-hydroxylation sites is 1. The number of rotatable bonds is 7. The summed E-state index contributed by atoms with van der Waals surface area (Å²) in [7, 11) is -5.13. The molecule has 0 aromatic heterocycles. The number of hydrogen-bond acceptors (Lipinski definition) is 9. The van der Waals surface area contributed by atoms with E-state index < -0.39 is 63.2 Å². The van der Waals surface area contributed by atoms with Crippen molar-refractivity contribution in [1.82, 2.24) is 14.5 Å². The Labute approximate surface area is 190 Å². The normalized spacial score (nSPS) is 25.6. The predicted octanol–water partition coefficient (Wildman–Crippen LogP) is 0.395. The van der Waals surface area contributed by atoms with Gasteiger partial charge in [-0.25, -0.2) is 13.2 Å². The number of β-lactam (4-membered cyclic amide) rings is 1. The molecule has 2 amide bonds. The van der Waals surface area contributed by atoms with Crippen LogP contribution < -0.4 is 10.1 Å². The van der Waals surface area contributed by atoms with Gasteiger partial charge in [0.25, 0.3) is 11.7 Å². The summed E-state index contributed by atoms with van der Waals surface area (Å²) in [6, 6.07) is 7.97. The van der Waals surface area contributed by atoms with E-state index in [1.807, 2.05) is 5.32 Å². The van der Waals surface area contributed by atoms with Crippen molar-refractivity contribution in [3.8, 4) is 5.75 Å². The van der Waals surface area contributed by atoms with E-state index in [4.69, 9.17) is 9.47 Å². The van der Waals surface area contributed by atoms with Crippen LogP contribution in [0.25, 0.3) is 0 Å². The summed E-state index contributed by atoms with van der Waals surface area (Å²) < 4.78 is 79.7. The molecule has 1 aromatic rings. The fourth-order valence-corrected chi connectivity index (χ4v) is 6.03. The number of nitrogens with zero attached hydrogens (tertiary/aromatic N) is 2. The Morgan fingerprint density at radius 3 is 2.45 bits per heavy atom. The van der Waals surface area contributed by atoms with Crippen molar-refractivity contribution in [2.45, 2.75) is 29.7 Å². The molecule has 182 valence electrons. The molecule has 0 aliphatic carbocycles. The lowest BCUT2D eigenvalue weighted by atomic mass is 10.1. The first-order valence-corrected chi connectivity index (χ1v) is 11.6. The zero-order valence-electron chi connectivity index (χ0n) is 17.1. The Morgan fingerprint density at radius 1 is 1.27 bits per heavy atom. The highest BCUT2D eigenvalue weighted by Crippen LogP contribution is 2.47. The molecule has 3 atom stereocenters. The number of thioether (sulfide) groups is 1. The number of halogens is 3. The maximum Gasteiger partial charge on any atom is 0.511 e. The SMILES string of the molecule is COCOC(=O)C1(NC(C)=O)N2C(=O)C(Oc3ccccc3)C2SCN1S(=O)(=O)C(F)(F)F. The van der Waals surface area contributed by atoms with E-state index in [1.54, 1.807) is 18.2 Å². The number of alkyl halides is 3. The first kappa shape index (κ1) is 25.1. The summed E-state index contributed by atoms with van der Waals surface area (Å²) in [6.45, 7) is 0.0482. The van der Waals surface area contributed by atoms with Gasteiger partial charge in [0.05, 0.1) is 5.88 Å². The van der Waals surface area contributed by atoms with Gasteiger partial charge in [0.2, 0.25) is 12.0 Å². The summed E-state index contributed by atoms with van der Waals surface area (Å²) in [6.07, 6.45) is -1.27. The zero-order chi connectivity index (χ0) is 24.6. The van der Waals surface area contributed by atoms with Crippen molar-refractivity contribution in [3.05, 3.63) is 30.3 Å². The first-order valence-electron chi connectivity index (χ1n) is 9.08. The predicted molar refractivity (Wildman–Crippen MR) is 105 cm³/mol. The molecule has 0 saturated carbocycles. The van der Waals surface area contributed by atoms with Crippen LogP contribution in [0.3, 0.4) is 0 Å². The summed E-state index contributed by atoms with van der Waals surface area (Å²) in [5.74, 6) is -7.65. The van der Waals surface area contributed by atoms with Gasteiger partial charge >= 0.3 is 21.5 Å². The Kier molecular flexibility index (Phi) is 6.84. The number of carbonyl (C=O) groups excluding carboxylic acids is 3. The number of ether oxygens (including phenoxy) is 3.